The zero-order chi connectivity index (χ0) is 31.0. The maximum Gasteiger partial charge on any atom is 0.367 e. The van der Waals surface area contributed by atoms with Gasteiger partial charge >= 0.3 is 23.9 Å². The van der Waals surface area contributed by atoms with E-state index in [9.17, 15) is 19.2 Å². The summed E-state index contributed by atoms with van der Waals surface area (Å²) in [6.45, 7) is 21.8. The van der Waals surface area contributed by atoms with Gasteiger partial charge in [0.15, 0.2) is 0 Å². The van der Waals surface area contributed by atoms with E-state index in [0.717, 1.165) is 0 Å². The molecule has 38 heavy (non-hydrogen) atoms. The van der Waals surface area contributed by atoms with Crippen molar-refractivity contribution in [3.63, 3.8) is 0 Å². The predicted molar refractivity (Wildman–Crippen MR) is 141 cm³/mol. The van der Waals surface area contributed by atoms with Crippen molar-refractivity contribution in [3.05, 3.63) is 48.6 Å². The molecule has 220 valence electrons. The maximum absolute atomic E-state index is 10.7. The molecule has 0 aromatic rings. The van der Waals surface area contributed by atoms with Crippen molar-refractivity contribution >= 4 is 23.9 Å². The molecule has 0 fully saturated rings. The summed E-state index contributed by atoms with van der Waals surface area (Å²) in [5.74, 6) is -2.21. The molecular formula is C26H44O12. The first-order valence-corrected chi connectivity index (χ1v) is 11.3. The zero-order valence-corrected chi connectivity index (χ0v) is 23.7. The second-order valence-electron chi connectivity index (χ2n) is 7.44. The molecule has 0 amide bonds. The first-order valence-electron chi connectivity index (χ1n) is 11.3. The quantitative estimate of drug-likeness (QED) is 0.113. The van der Waals surface area contributed by atoms with Crippen molar-refractivity contribution in [1.82, 2.24) is 0 Å². The van der Waals surface area contributed by atoms with Crippen LogP contribution in [0.5, 0.6) is 0 Å². The monoisotopic (exact) mass is 548 g/mol. The Balaban J connectivity index is -0.000000205. The summed E-state index contributed by atoms with van der Waals surface area (Å²) >= 11 is 0. The Morgan fingerprint density at radius 2 is 1.16 bits per heavy atom. The number of carbonyl (C=O) groups is 4. The molecule has 12 heteroatoms. The predicted octanol–water partition coefficient (Wildman–Crippen LogP) is 2.69. The second kappa shape index (κ2) is 25.3. The van der Waals surface area contributed by atoms with Gasteiger partial charge in [0.25, 0.3) is 0 Å². The van der Waals surface area contributed by atoms with E-state index in [2.05, 4.69) is 45.4 Å². The molecule has 0 aliphatic rings. The van der Waals surface area contributed by atoms with E-state index in [4.69, 9.17) is 20.2 Å². The van der Waals surface area contributed by atoms with Crippen LogP contribution in [0.3, 0.4) is 0 Å². The molecule has 0 aliphatic heterocycles. The topological polar surface area (TPSA) is 175 Å². The van der Waals surface area contributed by atoms with Crippen LogP contribution in [0.1, 0.15) is 47.5 Å². The van der Waals surface area contributed by atoms with E-state index >= 15 is 0 Å². The van der Waals surface area contributed by atoms with Crippen LogP contribution in [0.2, 0.25) is 0 Å². The molecule has 0 heterocycles. The number of hydrogen-bond acceptors (Lipinski definition) is 12. The lowest BCUT2D eigenvalue weighted by molar-refractivity contribution is -0.229. The third-order valence-electron chi connectivity index (χ3n) is 4.19. The fourth-order valence-corrected chi connectivity index (χ4v) is 1.44. The summed E-state index contributed by atoms with van der Waals surface area (Å²) in [6, 6.07) is 0. The van der Waals surface area contributed by atoms with Crippen LogP contribution in [0, 0.1) is 0 Å². The van der Waals surface area contributed by atoms with Crippen LogP contribution in [-0.4, -0.2) is 85.6 Å². The summed E-state index contributed by atoms with van der Waals surface area (Å²) in [6.07, 6.45) is -0.532. The molecule has 3 atom stereocenters. The molecule has 0 radical (unpaired) electrons. The molecule has 3 N–H and O–H groups in total. The highest BCUT2D eigenvalue weighted by atomic mass is 17.1. The Morgan fingerprint density at radius 1 is 0.737 bits per heavy atom. The SMILES string of the molecule is C=C(C(=O)OC)C(C)OC.C=C(C(=O)OC)C(O)CC.C=C(C)C(=O)OCC(O)CC.C=C(C)C(=O)OO. The molecule has 0 aromatic heterocycles. The Kier molecular flexibility index (Phi) is 27.9. The van der Waals surface area contributed by atoms with E-state index in [0.29, 0.717) is 24.0 Å². The van der Waals surface area contributed by atoms with Gasteiger partial charge in [0, 0.05) is 18.3 Å². The highest BCUT2D eigenvalue weighted by Gasteiger charge is 2.14. The lowest BCUT2D eigenvalue weighted by Crippen LogP contribution is -2.17. The first kappa shape index (κ1) is 41.8. The Labute approximate surface area is 225 Å². The molecule has 0 bridgehead atoms. The molecule has 0 rings (SSSR count). The number of hydrogen-bond donors (Lipinski definition) is 3. The van der Waals surface area contributed by atoms with Gasteiger partial charge < -0.3 is 29.2 Å². The first-order chi connectivity index (χ1) is 17.5. The Bertz CT molecular complexity index is 751. The van der Waals surface area contributed by atoms with Crippen molar-refractivity contribution in [2.24, 2.45) is 0 Å². The highest BCUT2D eigenvalue weighted by molar-refractivity contribution is 5.89. The van der Waals surface area contributed by atoms with Crippen LogP contribution in [0.25, 0.3) is 0 Å². The van der Waals surface area contributed by atoms with Gasteiger partial charge in [0.2, 0.25) is 0 Å². The highest BCUT2D eigenvalue weighted by Crippen LogP contribution is 2.04. The van der Waals surface area contributed by atoms with Gasteiger partial charge in [-0.25, -0.2) is 19.2 Å². The molecule has 0 saturated heterocycles. The molecule has 0 aliphatic carbocycles. The fourth-order valence-electron chi connectivity index (χ4n) is 1.44. The summed E-state index contributed by atoms with van der Waals surface area (Å²) < 4.78 is 18.3. The van der Waals surface area contributed by atoms with Crippen LogP contribution in [0.4, 0.5) is 0 Å². The van der Waals surface area contributed by atoms with E-state index in [-0.39, 0.29) is 23.9 Å². The minimum atomic E-state index is -0.792. The third-order valence-corrected chi connectivity index (χ3v) is 4.19. The normalized spacial score (nSPS) is 11.4. The van der Waals surface area contributed by atoms with E-state index in [1.165, 1.54) is 28.3 Å². The van der Waals surface area contributed by atoms with E-state index < -0.39 is 36.1 Å². The zero-order valence-electron chi connectivity index (χ0n) is 23.7. The van der Waals surface area contributed by atoms with Crippen molar-refractivity contribution in [3.8, 4) is 0 Å². The van der Waals surface area contributed by atoms with Gasteiger partial charge in [-0.3, -0.25) is 4.89 Å². The smallest absolute Gasteiger partial charge is 0.367 e. The summed E-state index contributed by atoms with van der Waals surface area (Å²) in [5.41, 5.74) is 0.991. The standard InChI is InChI=1S/C8H14O3.2C7H12O3.C4H6O3/c1-4-7(9)5-11-8(10)6(2)3;1-5(6(2)9-3)7(8)10-4;1-4-6(8)5(2)7(9)10-3;1-3(2)4(5)7-6/h7,9H,2,4-5H2,1,3H3;6H,1H2,2-4H3;6,8H,2,4H2,1,3H3;6H,1H2,2H3. The largest absolute Gasteiger partial charge is 0.466 e. The number of rotatable bonds is 11. The minimum Gasteiger partial charge on any atom is -0.466 e. The van der Waals surface area contributed by atoms with Gasteiger partial charge in [-0.15, -0.1) is 0 Å². The molecule has 12 nitrogen and oxygen atoms in total. The van der Waals surface area contributed by atoms with E-state index in [1.54, 1.807) is 20.8 Å². The Hall–Kier alpha value is -3.32. The van der Waals surface area contributed by atoms with Crippen LogP contribution < -0.4 is 0 Å². The van der Waals surface area contributed by atoms with Crippen molar-refractivity contribution in [2.45, 2.75) is 65.8 Å². The molecule has 0 spiro atoms. The molecule has 0 aromatic carbocycles. The summed E-state index contributed by atoms with van der Waals surface area (Å²) in [7, 11) is 4.09. The van der Waals surface area contributed by atoms with Crippen LogP contribution in [-0.2, 0) is 43.0 Å². The van der Waals surface area contributed by atoms with Gasteiger partial charge in [0.05, 0.1) is 43.7 Å². The number of aliphatic hydroxyl groups excluding tert-OH is 2. The fraction of sp³-hybridized carbons (Fsp3) is 0.538. The van der Waals surface area contributed by atoms with Gasteiger partial charge in [-0.1, -0.05) is 40.2 Å². The minimum absolute atomic E-state index is 0.0577. The van der Waals surface area contributed by atoms with E-state index in [1.807, 2.05) is 6.92 Å². The summed E-state index contributed by atoms with van der Waals surface area (Å²) in [5, 5.41) is 25.6. The average molecular weight is 549 g/mol. The van der Waals surface area contributed by atoms with Crippen molar-refractivity contribution < 1.29 is 58.5 Å². The average Bonchev–Trinajstić information content (AvgIpc) is 2.92. The number of methoxy groups -OCH3 is 3. The van der Waals surface area contributed by atoms with Crippen molar-refractivity contribution in [1.29, 1.82) is 0 Å². The number of ether oxygens (including phenoxy) is 4. The number of aliphatic hydroxyl groups is 2. The van der Waals surface area contributed by atoms with Gasteiger partial charge in [-0.05, 0) is 33.6 Å². The molecule has 3 unspecified atom stereocenters. The number of esters is 3. The van der Waals surface area contributed by atoms with Crippen molar-refractivity contribution in [2.75, 3.05) is 27.9 Å². The molecular weight excluding hydrogens is 504 g/mol. The summed E-state index contributed by atoms with van der Waals surface area (Å²) in [4.78, 5) is 45.3. The van der Waals surface area contributed by atoms with Crippen LogP contribution in [0.15, 0.2) is 48.6 Å². The van der Waals surface area contributed by atoms with Gasteiger partial charge in [0.1, 0.15) is 6.61 Å². The Morgan fingerprint density at radius 3 is 1.42 bits per heavy atom. The number of carbonyl (C=O) groups excluding carboxylic acids is 4. The molecule has 0 saturated carbocycles. The lowest BCUT2D eigenvalue weighted by Gasteiger charge is -2.09. The van der Waals surface area contributed by atoms with Crippen LogP contribution >= 0.6 is 0 Å². The maximum atomic E-state index is 10.7. The third kappa shape index (κ3) is 23.1. The second-order valence-corrected chi connectivity index (χ2v) is 7.44. The lowest BCUT2D eigenvalue weighted by atomic mass is 10.1. The van der Waals surface area contributed by atoms with Gasteiger partial charge in [-0.2, -0.15) is 5.26 Å².